The number of benzene rings is 1. The maximum Gasteiger partial charge on any atom is 0.323 e. The quantitative estimate of drug-likeness (QED) is 0.754. The van der Waals surface area contributed by atoms with Gasteiger partial charge in [0.15, 0.2) is 0 Å². The molecule has 1 aromatic rings. The van der Waals surface area contributed by atoms with Crippen molar-refractivity contribution in [3.63, 3.8) is 0 Å². The van der Waals surface area contributed by atoms with Crippen LogP contribution in [0.5, 0.6) is 0 Å². The van der Waals surface area contributed by atoms with E-state index in [0.29, 0.717) is 11.1 Å². The molecule has 7 heteroatoms. The van der Waals surface area contributed by atoms with Gasteiger partial charge in [0.2, 0.25) is 5.91 Å². The number of thioether (sulfide) groups is 1. The van der Waals surface area contributed by atoms with Crippen molar-refractivity contribution in [2.45, 2.75) is 11.8 Å². The highest BCUT2D eigenvalue weighted by atomic mass is 32.2. The Bertz CT molecular complexity index is 529. The Balaban J connectivity index is 3.10. The van der Waals surface area contributed by atoms with Crippen LogP contribution in [0.2, 0.25) is 0 Å². The normalized spacial score (nSPS) is 10.1. The molecule has 0 radical (unpaired) electrons. The topological polar surface area (TPSA) is 101 Å². The molecular weight excluding hydrogens is 280 g/mol. The van der Waals surface area contributed by atoms with Gasteiger partial charge in [-0.25, -0.2) is 0 Å². The number of aryl methyl sites for hydroxylation is 1. The summed E-state index contributed by atoms with van der Waals surface area (Å²) in [4.78, 5) is 35.9. The van der Waals surface area contributed by atoms with Crippen LogP contribution >= 0.6 is 11.8 Å². The van der Waals surface area contributed by atoms with E-state index in [1.807, 2.05) is 12.3 Å². The summed E-state index contributed by atoms with van der Waals surface area (Å²) in [5.41, 5.74) is 6.14. The first-order valence-corrected chi connectivity index (χ1v) is 7.01. The maximum absolute atomic E-state index is 12.4. The van der Waals surface area contributed by atoms with Crippen molar-refractivity contribution in [3.8, 4) is 0 Å². The Morgan fingerprint density at radius 1 is 1.30 bits per heavy atom. The van der Waals surface area contributed by atoms with Gasteiger partial charge < -0.3 is 15.7 Å². The third-order valence-electron chi connectivity index (χ3n) is 2.64. The molecular formula is C13H16N2O4S. The van der Waals surface area contributed by atoms with Gasteiger partial charge in [-0.15, -0.1) is 11.8 Å². The smallest absolute Gasteiger partial charge is 0.323 e. The molecule has 2 amide bonds. The number of aliphatic carboxylic acids is 1. The van der Waals surface area contributed by atoms with E-state index in [0.717, 1.165) is 9.80 Å². The summed E-state index contributed by atoms with van der Waals surface area (Å²) >= 11 is 1.47. The van der Waals surface area contributed by atoms with Crippen LogP contribution < -0.4 is 5.73 Å². The lowest BCUT2D eigenvalue weighted by Crippen LogP contribution is -2.41. The Kier molecular flexibility index (Phi) is 5.57. The first-order valence-electron chi connectivity index (χ1n) is 5.79. The number of carboxylic acid groups (broad SMARTS) is 1. The maximum atomic E-state index is 12.4. The molecule has 0 saturated carbocycles. The summed E-state index contributed by atoms with van der Waals surface area (Å²) in [6.45, 7) is 0.763. The number of carboxylic acids is 1. The van der Waals surface area contributed by atoms with Gasteiger partial charge in [-0.3, -0.25) is 14.4 Å². The van der Waals surface area contributed by atoms with Crippen molar-refractivity contribution < 1.29 is 19.5 Å². The highest BCUT2D eigenvalue weighted by Gasteiger charge is 2.21. The molecule has 0 aromatic heterocycles. The van der Waals surface area contributed by atoms with Gasteiger partial charge >= 0.3 is 5.97 Å². The largest absolute Gasteiger partial charge is 0.480 e. The number of nitrogens with two attached hydrogens (primary N) is 1. The van der Waals surface area contributed by atoms with Gasteiger partial charge in [-0.05, 0) is 30.9 Å². The van der Waals surface area contributed by atoms with Crippen molar-refractivity contribution >= 4 is 29.5 Å². The molecule has 0 atom stereocenters. The number of hydrogen-bond acceptors (Lipinski definition) is 4. The molecule has 20 heavy (non-hydrogen) atoms. The van der Waals surface area contributed by atoms with Gasteiger partial charge in [0, 0.05) is 10.5 Å². The van der Waals surface area contributed by atoms with Crippen LogP contribution in [-0.4, -0.2) is 47.1 Å². The van der Waals surface area contributed by atoms with E-state index in [1.54, 1.807) is 19.1 Å². The second-order valence-electron chi connectivity index (χ2n) is 4.20. The Hall–Kier alpha value is -2.02. The highest BCUT2D eigenvalue weighted by molar-refractivity contribution is 7.98. The number of hydrogen-bond donors (Lipinski definition) is 2. The Labute approximate surface area is 120 Å². The first kappa shape index (κ1) is 16.0. The minimum absolute atomic E-state index is 0.374. The first-order chi connectivity index (χ1) is 9.35. The molecule has 0 aliphatic heterocycles. The molecule has 0 bridgehead atoms. The number of primary amides is 1. The van der Waals surface area contributed by atoms with Crippen LogP contribution in [0.3, 0.4) is 0 Å². The fourth-order valence-corrected chi connectivity index (χ4v) is 2.12. The standard InChI is InChI=1S/C13H16N2O4S/c1-8-3-4-9(20-2)5-10(8)13(19)15(6-11(14)16)7-12(17)18/h3-5H,6-7H2,1-2H3,(H2,14,16)(H,17,18). The van der Waals surface area contributed by atoms with Crippen molar-refractivity contribution in [2.24, 2.45) is 5.73 Å². The molecule has 0 fully saturated rings. The summed E-state index contributed by atoms with van der Waals surface area (Å²) in [6.07, 6.45) is 1.87. The Morgan fingerprint density at radius 2 is 1.95 bits per heavy atom. The van der Waals surface area contributed by atoms with E-state index < -0.39 is 30.9 Å². The number of carbonyl (C=O) groups is 3. The second kappa shape index (κ2) is 6.95. The van der Waals surface area contributed by atoms with Crippen LogP contribution in [0.25, 0.3) is 0 Å². The molecule has 1 rings (SSSR count). The van der Waals surface area contributed by atoms with Crippen LogP contribution in [0, 0.1) is 6.92 Å². The van der Waals surface area contributed by atoms with E-state index in [-0.39, 0.29) is 0 Å². The van der Waals surface area contributed by atoms with Gasteiger partial charge in [0.25, 0.3) is 5.91 Å². The zero-order valence-electron chi connectivity index (χ0n) is 11.3. The summed E-state index contributed by atoms with van der Waals surface area (Å²) in [7, 11) is 0. The summed E-state index contributed by atoms with van der Waals surface area (Å²) < 4.78 is 0. The minimum Gasteiger partial charge on any atom is -0.480 e. The third kappa shape index (κ3) is 4.27. The molecule has 1 aromatic carbocycles. The minimum atomic E-state index is -1.20. The lowest BCUT2D eigenvalue weighted by atomic mass is 10.1. The number of nitrogens with zero attached hydrogens (tertiary/aromatic N) is 1. The van der Waals surface area contributed by atoms with E-state index in [4.69, 9.17) is 10.8 Å². The Morgan fingerprint density at radius 3 is 2.45 bits per heavy atom. The third-order valence-corrected chi connectivity index (χ3v) is 3.36. The summed E-state index contributed by atoms with van der Waals surface area (Å²) in [6, 6.07) is 5.33. The average Bonchev–Trinajstić information content (AvgIpc) is 2.36. The van der Waals surface area contributed by atoms with Crippen molar-refractivity contribution in [3.05, 3.63) is 29.3 Å². The van der Waals surface area contributed by atoms with Crippen LogP contribution in [0.1, 0.15) is 15.9 Å². The summed E-state index contributed by atoms with van der Waals surface area (Å²) in [5, 5.41) is 8.81. The predicted molar refractivity (Wildman–Crippen MR) is 75.7 cm³/mol. The number of rotatable bonds is 6. The lowest BCUT2D eigenvalue weighted by molar-refractivity contribution is -0.138. The van der Waals surface area contributed by atoms with Gasteiger partial charge in [-0.1, -0.05) is 6.07 Å². The van der Waals surface area contributed by atoms with Crippen molar-refractivity contribution in [1.29, 1.82) is 0 Å². The zero-order chi connectivity index (χ0) is 15.3. The van der Waals surface area contributed by atoms with Crippen LogP contribution in [0.15, 0.2) is 23.1 Å². The molecule has 0 spiro atoms. The fourth-order valence-electron chi connectivity index (χ4n) is 1.68. The molecule has 0 saturated heterocycles. The van der Waals surface area contributed by atoms with E-state index in [1.165, 1.54) is 11.8 Å². The molecule has 6 nitrogen and oxygen atoms in total. The molecule has 0 aliphatic rings. The molecule has 0 aliphatic carbocycles. The number of carbonyl (C=O) groups excluding carboxylic acids is 2. The number of amides is 2. The highest BCUT2D eigenvalue weighted by Crippen LogP contribution is 2.20. The molecule has 0 unspecified atom stereocenters. The average molecular weight is 296 g/mol. The predicted octanol–water partition coefficient (Wildman–Crippen LogP) is 0.729. The summed E-state index contributed by atoms with van der Waals surface area (Å²) in [5.74, 6) is -2.46. The van der Waals surface area contributed by atoms with Crippen LogP contribution in [-0.2, 0) is 9.59 Å². The van der Waals surface area contributed by atoms with Crippen LogP contribution in [0.4, 0.5) is 0 Å². The fraction of sp³-hybridized carbons (Fsp3) is 0.308. The van der Waals surface area contributed by atoms with Gasteiger partial charge in [0.1, 0.15) is 13.1 Å². The molecule has 0 heterocycles. The lowest BCUT2D eigenvalue weighted by Gasteiger charge is -2.20. The SMILES string of the molecule is CSc1ccc(C)c(C(=O)N(CC(N)=O)CC(=O)O)c1. The molecule has 3 N–H and O–H groups in total. The second-order valence-corrected chi connectivity index (χ2v) is 5.08. The van der Waals surface area contributed by atoms with Crippen molar-refractivity contribution in [2.75, 3.05) is 19.3 Å². The van der Waals surface area contributed by atoms with Gasteiger partial charge in [0.05, 0.1) is 0 Å². The van der Waals surface area contributed by atoms with E-state index >= 15 is 0 Å². The van der Waals surface area contributed by atoms with E-state index in [2.05, 4.69) is 0 Å². The zero-order valence-corrected chi connectivity index (χ0v) is 12.1. The van der Waals surface area contributed by atoms with E-state index in [9.17, 15) is 14.4 Å². The van der Waals surface area contributed by atoms with Crippen molar-refractivity contribution in [1.82, 2.24) is 4.90 Å². The monoisotopic (exact) mass is 296 g/mol. The van der Waals surface area contributed by atoms with Gasteiger partial charge in [-0.2, -0.15) is 0 Å². The molecule has 108 valence electrons.